The SMILES string of the molecule is C=C(C)C(=O)OC(OCC1CC2CCC1C2)(C(F)F)C(F)(F)F. The molecule has 0 aromatic carbocycles. The Kier molecular flexibility index (Phi) is 5.03. The molecule has 2 rings (SSSR count). The Morgan fingerprint density at radius 1 is 1.26 bits per heavy atom. The summed E-state index contributed by atoms with van der Waals surface area (Å²) in [7, 11) is 0. The Morgan fingerprint density at radius 3 is 2.30 bits per heavy atom. The van der Waals surface area contributed by atoms with Crippen molar-refractivity contribution in [2.75, 3.05) is 6.61 Å². The second-order valence-corrected chi connectivity index (χ2v) is 6.38. The van der Waals surface area contributed by atoms with Crippen LogP contribution in [0, 0.1) is 17.8 Å². The zero-order valence-electron chi connectivity index (χ0n) is 12.7. The predicted octanol–water partition coefficient (Wildman–Crippen LogP) is 4.08. The smallest absolute Gasteiger partial charge is 0.415 e. The number of hydrogen-bond acceptors (Lipinski definition) is 3. The van der Waals surface area contributed by atoms with Crippen LogP contribution >= 0.6 is 0 Å². The van der Waals surface area contributed by atoms with Gasteiger partial charge >= 0.3 is 24.4 Å². The molecule has 23 heavy (non-hydrogen) atoms. The molecule has 2 fully saturated rings. The van der Waals surface area contributed by atoms with Crippen molar-refractivity contribution in [3.05, 3.63) is 12.2 Å². The maximum atomic E-state index is 13.2. The fourth-order valence-corrected chi connectivity index (χ4v) is 3.44. The van der Waals surface area contributed by atoms with Crippen molar-refractivity contribution < 1.29 is 36.2 Å². The summed E-state index contributed by atoms with van der Waals surface area (Å²) in [6.07, 6.45) is -6.15. The zero-order valence-corrected chi connectivity index (χ0v) is 12.7. The molecule has 0 aromatic rings. The van der Waals surface area contributed by atoms with Crippen molar-refractivity contribution in [3.63, 3.8) is 0 Å². The van der Waals surface area contributed by atoms with Crippen LogP contribution in [0.5, 0.6) is 0 Å². The summed E-state index contributed by atoms with van der Waals surface area (Å²) in [5.41, 5.74) is -0.414. The van der Waals surface area contributed by atoms with E-state index >= 15 is 0 Å². The molecule has 0 radical (unpaired) electrons. The molecule has 3 nitrogen and oxygen atoms in total. The Bertz CT molecular complexity index is 476. The van der Waals surface area contributed by atoms with Crippen LogP contribution in [0.25, 0.3) is 0 Å². The first-order chi connectivity index (χ1) is 10.6. The van der Waals surface area contributed by atoms with E-state index in [1.807, 2.05) is 0 Å². The summed E-state index contributed by atoms with van der Waals surface area (Å²) in [6, 6.07) is 0. The van der Waals surface area contributed by atoms with Crippen LogP contribution in [0.1, 0.15) is 32.6 Å². The van der Waals surface area contributed by atoms with E-state index in [-0.39, 0.29) is 11.8 Å². The van der Waals surface area contributed by atoms with Crippen LogP contribution in [-0.2, 0) is 14.3 Å². The molecule has 0 saturated heterocycles. The molecule has 0 amide bonds. The molecule has 8 heteroatoms. The first-order valence-electron chi connectivity index (χ1n) is 7.44. The van der Waals surface area contributed by atoms with Crippen molar-refractivity contribution in [3.8, 4) is 0 Å². The molecule has 0 N–H and O–H groups in total. The average molecular weight is 342 g/mol. The van der Waals surface area contributed by atoms with E-state index in [2.05, 4.69) is 16.1 Å². The molecular weight excluding hydrogens is 323 g/mol. The number of halogens is 5. The third kappa shape index (κ3) is 3.51. The lowest BCUT2D eigenvalue weighted by Gasteiger charge is -2.35. The molecule has 0 aliphatic heterocycles. The van der Waals surface area contributed by atoms with Gasteiger partial charge in [0.15, 0.2) is 0 Å². The minimum Gasteiger partial charge on any atom is -0.415 e. The van der Waals surface area contributed by atoms with E-state index in [4.69, 9.17) is 0 Å². The topological polar surface area (TPSA) is 35.5 Å². The predicted molar refractivity (Wildman–Crippen MR) is 70.6 cm³/mol. The van der Waals surface area contributed by atoms with Crippen molar-refractivity contribution >= 4 is 5.97 Å². The lowest BCUT2D eigenvalue weighted by atomic mass is 9.89. The van der Waals surface area contributed by atoms with Crippen LogP contribution in [0.2, 0.25) is 0 Å². The number of hydrogen-bond donors (Lipinski definition) is 0. The van der Waals surface area contributed by atoms with E-state index in [9.17, 15) is 26.7 Å². The van der Waals surface area contributed by atoms with E-state index in [1.54, 1.807) is 0 Å². The zero-order chi connectivity index (χ0) is 17.4. The van der Waals surface area contributed by atoms with Gasteiger partial charge in [0.1, 0.15) is 0 Å². The van der Waals surface area contributed by atoms with Gasteiger partial charge in [-0.3, -0.25) is 0 Å². The van der Waals surface area contributed by atoms with E-state index < -0.39 is 36.5 Å². The Hall–Kier alpha value is -1.18. The van der Waals surface area contributed by atoms with Gasteiger partial charge in [0, 0.05) is 5.57 Å². The van der Waals surface area contributed by atoms with Crippen molar-refractivity contribution in [2.24, 2.45) is 17.8 Å². The third-order valence-corrected chi connectivity index (χ3v) is 4.67. The van der Waals surface area contributed by atoms with Crippen LogP contribution < -0.4 is 0 Å². The van der Waals surface area contributed by atoms with Crippen LogP contribution in [0.3, 0.4) is 0 Å². The highest BCUT2D eigenvalue weighted by Gasteiger charge is 2.67. The van der Waals surface area contributed by atoms with E-state index in [1.165, 1.54) is 0 Å². The van der Waals surface area contributed by atoms with E-state index in [0.29, 0.717) is 12.3 Å². The Morgan fingerprint density at radius 2 is 1.91 bits per heavy atom. The summed E-state index contributed by atoms with van der Waals surface area (Å²) in [5, 5.41) is 0. The highest BCUT2D eigenvalue weighted by atomic mass is 19.4. The number of fused-ring (bicyclic) bond motifs is 2. The standard InChI is InChI=1S/C15H19F5O3/c1-8(2)12(21)23-14(13(16)17,15(18,19)20)22-7-11-6-9-3-4-10(11)5-9/h9-11,13H,1,3-7H2,2H3. The maximum Gasteiger partial charge on any atom is 0.462 e. The molecule has 0 spiro atoms. The number of esters is 1. The van der Waals surface area contributed by atoms with Gasteiger partial charge in [0.2, 0.25) is 0 Å². The van der Waals surface area contributed by atoms with E-state index in [0.717, 1.165) is 26.2 Å². The first kappa shape index (κ1) is 18.2. The largest absolute Gasteiger partial charge is 0.462 e. The molecule has 2 aliphatic rings. The molecule has 0 aromatic heterocycles. The van der Waals surface area contributed by atoms with Crippen LogP contribution in [0.4, 0.5) is 22.0 Å². The minimum absolute atomic E-state index is 0.195. The van der Waals surface area contributed by atoms with Crippen LogP contribution in [-0.4, -0.2) is 31.0 Å². The number of rotatable bonds is 6. The third-order valence-electron chi connectivity index (χ3n) is 4.67. The van der Waals surface area contributed by atoms with Crippen molar-refractivity contribution in [1.29, 1.82) is 0 Å². The molecule has 4 atom stereocenters. The molecule has 2 bridgehead atoms. The molecule has 2 saturated carbocycles. The summed E-state index contributed by atoms with van der Waals surface area (Å²) in [4.78, 5) is 11.4. The van der Waals surface area contributed by atoms with Crippen molar-refractivity contribution in [1.82, 2.24) is 0 Å². The van der Waals surface area contributed by atoms with Gasteiger partial charge in [-0.1, -0.05) is 13.0 Å². The Labute approximate surface area is 130 Å². The number of carbonyl (C=O) groups is 1. The summed E-state index contributed by atoms with van der Waals surface area (Å²) >= 11 is 0. The fourth-order valence-electron chi connectivity index (χ4n) is 3.44. The summed E-state index contributed by atoms with van der Waals surface area (Å²) in [6.45, 7) is 3.68. The fraction of sp³-hybridized carbons (Fsp3) is 0.800. The summed E-state index contributed by atoms with van der Waals surface area (Å²) in [5.74, 6) is -5.39. The first-order valence-corrected chi connectivity index (χ1v) is 7.44. The van der Waals surface area contributed by atoms with Gasteiger partial charge in [0.25, 0.3) is 0 Å². The highest BCUT2D eigenvalue weighted by Crippen LogP contribution is 2.49. The molecule has 0 heterocycles. The van der Waals surface area contributed by atoms with Gasteiger partial charge in [-0.05, 0) is 43.9 Å². The quantitative estimate of drug-likeness (QED) is 0.316. The van der Waals surface area contributed by atoms with Crippen LogP contribution in [0.15, 0.2) is 12.2 Å². The van der Waals surface area contributed by atoms with Crippen molar-refractivity contribution in [2.45, 2.75) is 51.0 Å². The molecule has 132 valence electrons. The Balaban J connectivity index is 2.14. The molecular formula is C15H19F5O3. The van der Waals surface area contributed by atoms with Gasteiger partial charge < -0.3 is 9.47 Å². The number of alkyl halides is 5. The number of ether oxygens (including phenoxy) is 2. The second kappa shape index (κ2) is 6.37. The summed E-state index contributed by atoms with van der Waals surface area (Å²) < 4.78 is 74.6. The normalized spacial score (nSPS) is 29.6. The minimum atomic E-state index is -5.55. The average Bonchev–Trinajstić information content (AvgIpc) is 3.03. The van der Waals surface area contributed by atoms with Gasteiger partial charge in [0.05, 0.1) is 6.61 Å². The van der Waals surface area contributed by atoms with Gasteiger partial charge in [-0.2, -0.15) is 13.2 Å². The highest BCUT2D eigenvalue weighted by molar-refractivity contribution is 5.87. The second-order valence-electron chi connectivity index (χ2n) is 6.38. The van der Waals surface area contributed by atoms with Gasteiger partial charge in [-0.25, -0.2) is 13.6 Å². The molecule has 4 unspecified atom stereocenters. The monoisotopic (exact) mass is 342 g/mol. The maximum absolute atomic E-state index is 13.2. The lowest BCUT2D eigenvalue weighted by molar-refractivity contribution is -0.402. The molecule has 2 aliphatic carbocycles. The lowest BCUT2D eigenvalue weighted by Crippen LogP contribution is -2.57. The van der Waals surface area contributed by atoms with Gasteiger partial charge in [-0.15, -0.1) is 0 Å². The number of carbonyl (C=O) groups excluding carboxylic acids is 1.